The van der Waals surface area contributed by atoms with Gasteiger partial charge in [-0.05, 0) is 6.42 Å². The molecule has 0 aromatic carbocycles. The molecular weight excluding hydrogens is 246 g/mol. The van der Waals surface area contributed by atoms with Crippen molar-refractivity contribution in [2.24, 2.45) is 7.05 Å². The van der Waals surface area contributed by atoms with E-state index in [9.17, 15) is 9.59 Å². The fraction of sp³-hybridized carbons (Fsp3) is 0.583. The summed E-state index contributed by atoms with van der Waals surface area (Å²) in [6.45, 7) is 3.01. The van der Waals surface area contributed by atoms with Gasteiger partial charge in [0.25, 0.3) is 0 Å². The van der Waals surface area contributed by atoms with Gasteiger partial charge in [-0.25, -0.2) is 0 Å². The predicted molar refractivity (Wildman–Crippen MR) is 69.2 cm³/mol. The van der Waals surface area contributed by atoms with E-state index in [1.165, 1.54) is 0 Å². The highest BCUT2D eigenvalue weighted by molar-refractivity contribution is 5.86. The van der Waals surface area contributed by atoms with Crippen molar-refractivity contribution < 1.29 is 9.59 Å². The zero-order chi connectivity index (χ0) is 13.8. The Kier molecular flexibility index (Phi) is 4.16. The number of aromatic nitrogens is 2. The third-order valence-electron chi connectivity index (χ3n) is 3.11. The van der Waals surface area contributed by atoms with Gasteiger partial charge in [0.1, 0.15) is 6.04 Å². The van der Waals surface area contributed by atoms with E-state index in [0.29, 0.717) is 13.1 Å². The third-order valence-corrected chi connectivity index (χ3v) is 3.11. The van der Waals surface area contributed by atoms with Crippen LogP contribution in [-0.2, 0) is 29.6 Å². The molecular formula is C12H19N5O2. The van der Waals surface area contributed by atoms with E-state index in [-0.39, 0.29) is 24.4 Å². The molecule has 19 heavy (non-hydrogen) atoms. The Balaban J connectivity index is 1.87. The standard InChI is InChI=1S/C12H19N5O2/c1-3-9-8(7-17(2)16-9)4-15-12(19)10-5-14-11(18)6-13-10/h7,10,13H,3-6H2,1-2H3,(H,14,18)(H,15,19). The Hall–Kier alpha value is -1.89. The largest absolute Gasteiger partial charge is 0.353 e. The molecule has 2 amide bonds. The second kappa shape index (κ2) is 5.83. The molecule has 3 N–H and O–H groups in total. The van der Waals surface area contributed by atoms with Crippen molar-refractivity contribution in [3.8, 4) is 0 Å². The van der Waals surface area contributed by atoms with Crippen LogP contribution in [0, 0.1) is 0 Å². The molecule has 1 aromatic heterocycles. The lowest BCUT2D eigenvalue weighted by atomic mass is 10.2. The van der Waals surface area contributed by atoms with Gasteiger partial charge in [0.15, 0.2) is 0 Å². The molecule has 0 aliphatic carbocycles. The van der Waals surface area contributed by atoms with Crippen LogP contribution in [0.1, 0.15) is 18.2 Å². The Morgan fingerprint density at radius 2 is 2.42 bits per heavy atom. The summed E-state index contributed by atoms with van der Waals surface area (Å²) >= 11 is 0. The van der Waals surface area contributed by atoms with Crippen LogP contribution in [-0.4, -0.2) is 40.7 Å². The van der Waals surface area contributed by atoms with Crippen molar-refractivity contribution in [1.82, 2.24) is 25.7 Å². The first-order chi connectivity index (χ1) is 9.10. The van der Waals surface area contributed by atoms with Crippen LogP contribution in [0.3, 0.4) is 0 Å². The summed E-state index contributed by atoms with van der Waals surface area (Å²) in [5.41, 5.74) is 2.02. The molecule has 7 nitrogen and oxygen atoms in total. The number of nitrogens with zero attached hydrogens (tertiary/aromatic N) is 2. The SMILES string of the molecule is CCc1nn(C)cc1CNC(=O)C1CNC(=O)CN1. The smallest absolute Gasteiger partial charge is 0.239 e. The maximum absolute atomic E-state index is 11.9. The Morgan fingerprint density at radius 1 is 1.63 bits per heavy atom. The zero-order valence-electron chi connectivity index (χ0n) is 11.2. The van der Waals surface area contributed by atoms with Gasteiger partial charge in [0.05, 0.1) is 12.2 Å². The molecule has 2 rings (SSSR count). The number of carbonyl (C=O) groups excluding carboxylic acids is 2. The zero-order valence-corrected chi connectivity index (χ0v) is 11.2. The molecule has 0 spiro atoms. The quantitative estimate of drug-likeness (QED) is 0.630. The Labute approximate surface area is 111 Å². The van der Waals surface area contributed by atoms with E-state index in [0.717, 1.165) is 17.7 Å². The van der Waals surface area contributed by atoms with Crippen molar-refractivity contribution >= 4 is 11.8 Å². The summed E-state index contributed by atoms with van der Waals surface area (Å²) in [5.74, 6) is -0.185. The van der Waals surface area contributed by atoms with Gasteiger partial charge >= 0.3 is 0 Å². The molecule has 1 saturated heterocycles. The van der Waals surface area contributed by atoms with Crippen molar-refractivity contribution in [2.75, 3.05) is 13.1 Å². The number of piperazine rings is 1. The maximum atomic E-state index is 11.9. The lowest BCUT2D eigenvalue weighted by Gasteiger charge is -2.23. The summed E-state index contributed by atoms with van der Waals surface area (Å²) < 4.78 is 1.75. The molecule has 2 heterocycles. The van der Waals surface area contributed by atoms with Gasteiger partial charge in [0.2, 0.25) is 11.8 Å². The molecule has 7 heteroatoms. The fourth-order valence-electron chi connectivity index (χ4n) is 2.09. The number of amides is 2. The van der Waals surface area contributed by atoms with E-state index >= 15 is 0 Å². The van der Waals surface area contributed by atoms with Crippen molar-refractivity contribution in [2.45, 2.75) is 25.9 Å². The molecule has 0 radical (unpaired) electrons. The Morgan fingerprint density at radius 3 is 3.05 bits per heavy atom. The highest BCUT2D eigenvalue weighted by Gasteiger charge is 2.23. The number of aryl methyl sites for hydroxylation is 2. The van der Waals surface area contributed by atoms with Gasteiger partial charge in [-0.1, -0.05) is 6.92 Å². The molecule has 1 unspecified atom stereocenters. The monoisotopic (exact) mass is 265 g/mol. The van der Waals surface area contributed by atoms with E-state index in [1.807, 2.05) is 20.2 Å². The molecule has 0 bridgehead atoms. The lowest BCUT2D eigenvalue weighted by Crippen LogP contribution is -2.57. The molecule has 1 aliphatic heterocycles. The summed E-state index contributed by atoms with van der Waals surface area (Å²) in [5, 5.41) is 12.7. The second-order valence-corrected chi connectivity index (χ2v) is 4.58. The van der Waals surface area contributed by atoms with E-state index in [4.69, 9.17) is 0 Å². The van der Waals surface area contributed by atoms with E-state index in [1.54, 1.807) is 4.68 Å². The lowest BCUT2D eigenvalue weighted by molar-refractivity contribution is -0.126. The molecule has 1 aliphatic rings. The number of carbonyl (C=O) groups is 2. The van der Waals surface area contributed by atoms with Crippen molar-refractivity contribution in [3.63, 3.8) is 0 Å². The first kappa shape index (κ1) is 13.5. The van der Waals surface area contributed by atoms with Crippen molar-refractivity contribution in [1.29, 1.82) is 0 Å². The highest BCUT2D eigenvalue weighted by Crippen LogP contribution is 2.06. The van der Waals surface area contributed by atoms with E-state index < -0.39 is 0 Å². The summed E-state index contributed by atoms with van der Waals surface area (Å²) in [7, 11) is 1.86. The van der Waals surface area contributed by atoms with Crippen LogP contribution < -0.4 is 16.0 Å². The van der Waals surface area contributed by atoms with Crippen molar-refractivity contribution in [3.05, 3.63) is 17.5 Å². The average molecular weight is 265 g/mol. The normalized spacial score (nSPS) is 19.1. The summed E-state index contributed by atoms with van der Waals surface area (Å²) in [6.07, 6.45) is 2.75. The highest BCUT2D eigenvalue weighted by atomic mass is 16.2. The molecule has 1 atom stereocenters. The molecule has 104 valence electrons. The minimum atomic E-state index is -0.362. The average Bonchev–Trinajstić information content (AvgIpc) is 2.77. The third kappa shape index (κ3) is 3.31. The topological polar surface area (TPSA) is 88.1 Å². The van der Waals surface area contributed by atoms with Crippen LogP contribution in [0.5, 0.6) is 0 Å². The summed E-state index contributed by atoms with van der Waals surface area (Å²) in [4.78, 5) is 22.9. The fourth-order valence-corrected chi connectivity index (χ4v) is 2.09. The first-order valence-electron chi connectivity index (χ1n) is 6.39. The number of nitrogens with one attached hydrogen (secondary N) is 3. The van der Waals surface area contributed by atoms with Gasteiger partial charge in [0, 0.05) is 31.9 Å². The Bertz CT molecular complexity index is 472. The van der Waals surface area contributed by atoms with Crippen LogP contribution in [0.25, 0.3) is 0 Å². The van der Waals surface area contributed by atoms with Gasteiger partial charge < -0.3 is 10.6 Å². The van der Waals surface area contributed by atoms with Crippen LogP contribution in [0.15, 0.2) is 6.20 Å². The maximum Gasteiger partial charge on any atom is 0.239 e. The van der Waals surface area contributed by atoms with Gasteiger partial charge in [-0.2, -0.15) is 5.10 Å². The van der Waals surface area contributed by atoms with Crippen LogP contribution >= 0.6 is 0 Å². The molecule has 1 aromatic rings. The van der Waals surface area contributed by atoms with Crippen LogP contribution in [0.2, 0.25) is 0 Å². The van der Waals surface area contributed by atoms with Gasteiger partial charge in [-0.3, -0.25) is 19.6 Å². The number of rotatable bonds is 4. The number of hydrogen-bond donors (Lipinski definition) is 3. The predicted octanol–water partition coefficient (Wildman–Crippen LogP) is -1.31. The minimum Gasteiger partial charge on any atom is -0.353 e. The number of hydrogen-bond acceptors (Lipinski definition) is 4. The summed E-state index contributed by atoms with van der Waals surface area (Å²) in [6, 6.07) is -0.362. The minimum absolute atomic E-state index is 0.0791. The first-order valence-corrected chi connectivity index (χ1v) is 6.39. The van der Waals surface area contributed by atoms with Gasteiger partial charge in [-0.15, -0.1) is 0 Å². The van der Waals surface area contributed by atoms with Crippen LogP contribution in [0.4, 0.5) is 0 Å². The van der Waals surface area contributed by atoms with E-state index in [2.05, 4.69) is 21.0 Å². The second-order valence-electron chi connectivity index (χ2n) is 4.58. The molecule has 1 fully saturated rings. The molecule has 0 saturated carbocycles.